The summed E-state index contributed by atoms with van der Waals surface area (Å²) in [5.41, 5.74) is 1.12. The molecule has 0 saturated carbocycles. The van der Waals surface area contributed by atoms with Gasteiger partial charge < -0.3 is 9.84 Å². The predicted octanol–water partition coefficient (Wildman–Crippen LogP) is 3.73. The first-order chi connectivity index (χ1) is 12.1. The maximum atomic E-state index is 13.1. The molecular formula is C17H15FN4O2S. The number of phenols is 1. The van der Waals surface area contributed by atoms with Crippen molar-refractivity contribution in [1.82, 2.24) is 14.9 Å². The number of hydrogen-bond donors (Lipinski definition) is 2. The molecule has 25 heavy (non-hydrogen) atoms. The average molecular weight is 358 g/mol. The molecule has 0 atom stereocenters. The van der Waals surface area contributed by atoms with Crippen LogP contribution in [0.5, 0.6) is 11.5 Å². The summed E-state index contributed by atoms with van der Waals surface area (Å²) in [4.78, 5) is 0. The number of nitrogens with zero attached hydrogens (tertiary/aromatic N) is 3. The predicted molar refractivity (Wildman–Crippen MR) is 95.1 cm³/mol. The van der Waals surface area contributed by atoms with Gasteiger partial charge in [0.25, 0.3) is 0 Å². The van der Waals surface area contributed by atoms with Gasteiger partial charge in [0.2, 0.25) is 4.77 Å². The van der Waals surface area contributed by atoms with E-state index in [0.29, 0.717) is 29.3 Å². The van der Waals surface area contributed by atoms with Crippen LogP contribution in [0.15, 0.2) is 47.6 Å². The van der Waals surface area contributed by atoms with Gasteiger partial charge in [-0.3, -0.25) is 0 Å². The quantitative estimate of drug-likeness (QED) is 0.538. The maximum Gasteiger partial charge on any atom is 0.216 e. The molecule has 0 unspecified atom stereocenters. The smallest absolute Gasteiger partial charge is 0.216 e. The summed E-state index contributed by atoms with van der Waals surface area (Å²) in [7, 11) is 0. The molecule has 2 N–H and O–H groups in total. The van der Waals surface area contributed by atoms with Crippen LogP contribution < -0.4 is 4.74 Å². The molecule has 0 aliphatic carbocycles. The van der Waals surface area contributed by atoms with E-state index in [1.54, 1.807) is 30.3 Å². The second-order valence-corrected chi connectivity index (χ2v) is 5.43. The summed E-state index contributed by atoms with van der Waals surface area (Å²) >= 11 is 5.18. The number of aromatic nitrogens is 3. The van der Waals surface area contributed by atoms with Gasteiger partial charge in [-0.2, -0.15) is 14.9 Å². The van der Waals surface area contributed by atoms with E-state index in [2.05, 4.69) is 15.3 Å². The van der Waals surface area contributed by atoms with Gasteiger partial charge in [0.15, 0.2) is 17.3 Å². The minimum absolute atomic E-state index is 0.00792. The second kappa shape index (κ2) is 7.27. The molecule has 0 amide bonds. The van der Waals surface area contributed by atoms with Crippen molar-refractivity contribution in [1.29, 1.82) is 0 Å². The van der Waals surface area contributed by atoms with Crippen LogP contribution in [0.4, 0.5) is 4.39 Å². The minimum Gasteiger partial charge on any atom is -0.504 e. The molecule has 1 heterocycles. The summed E-state index contributed by atoms with van der Waals surface area (Å²) in [6.45, 7) is 2.27. The number of H-pyrrole nitrogens is 1. The van der Waals surface area contributed by atoms with Gasteiger partial charge in [0, 0.05) is 11.1 Å². The Morgan fingerprint density at radius 3 is 2.80 bits per heavy atom. The Kier molecular flexibility index (Phi) is 4.90. The van der Waals surface area contributed by atoms with E-state index < -0.39 is 0 Å². The van der Waals surface area contributed by atoms with E-state index in [4.69, 9.17) is 17.0 Å². The molecule has 1 aromatic heterocycles. The molecule has 0 radical (unpaired) electrons. The van der Waals surface area contributed by atoms with Gasteiger partial charge in [-0.1, -0.05) is 6.07 Å². The number of halogens is 1. The number of hydrogen-bond acceptors (Lipinski definition) is 5. The molecule has 128 valence electrons. The van der Waals surface area contributed by atoms with Crippen LogP contribution in [0, 0.1) is 10.6 Å². The Balaban J connectivity index is 1.98. The molecule has 0 aliphatic heterocycles. The number of ether oxygens (including phenoxy) is 1. The number of rotatable bonds is 5. The zero-order chi connectivity index (χ0) is 17.8. The lowest BCUT2D eigenvalue weighted by molar-refractivity contribution is 0.318. The molecule has 8 heteroatoms. The van der Waals surface area contributed by atoms with Gasteiger partial charge in [0.05, 0.1) is 12.8 Å². The van der Waals surface area contributed by atoms with Crippen molar-refractivity contribution in [3.05, 3.63) is 58.6 Å². The highest BCUT2D eigenvalue weighted by Crippen LogP contribution is 2.28. The molecule has 3 aromatic rings. The minimum atomic E-state index is -0.342. The standard InChI is InChI=1S/C17H15FN4O2S/c1-2-24-14-5-3-4-12(15(14)23)10-19-22-16(20-21-17(22)25)11-6-8-13(18)9-7-11/h3-10,23H,2H2,1H3,(H,21,25)/b19-10+. The van der Waals surface area contributed by atoms with Crippen molar-refractivity contribution in [3.8, 4) is 22.9 Å². The average Bonchev–Trinajstić information content (AvgIpc) is 2.97. The maximum absolute atomic E-state index is 13.1. The summed E-state index contributed by atoms with van der Waals surface area (Å²) in [6.07, 6.45) is 1.45. The molecule has 2 aromatic carbocycles. The van der Waals surface area contributed by atoms with Crippen molar-refractivity contribution in [2.24, 2.45) is 5.10 Å². The Hall–Kier alpha value is -3.00. The normalized spacial score (nSPS) is 11.1. The monoisotopic (exact) mass is 358 g/mol. The first-order valence-corrected chi connectivity index (χ1v) is 7.93. The van der Waals surface area contributed by atoms with Crippen LogP contribution in [0.3, 0.4) is 0 Å². The molecule has 0 spiro atoms. The summed E-state index contributed by atoms with van der Waals surface area (Å²) in [6, 6.07) is 10.9. The fraction of sp³-hybridized carbons (Fsp3) is 0.118. The lowest BCUT2D eigenvalue weighted by Crippen LogP contribution is -1.97. The second-order valence-electron chi connectivity index (χ2n) is 5.04. The van der Waals surface area contributed by atoms with E-state index in [9.17, 15) is 9.50 Å². The lowest BCUT2D eigenvalue weighted by Gasteiger charge is -2.07. The van der Waals surface area contributed by atoms with E-state index in [-0.39, 0.29) is 16.3 Å². The third-order valence-corrected chi connectivity index (χ3v) is 3.66. The SMILES string of the molecule is CCOc1cccc(/C=N/n2c(-c3ccc(F)cc3)n[nH]c2=S)c1O. The number of aromatic hydroxyl groups is 1. The van der Waals surface area contributed by atoms with Crippen LogP contribution in [0.2, 0.25) is 0 Å². The fourth-order valence-electron chi connectivity index (χ4n) is 2.22. The highest BCUT2D eigenvalue weighted by Gasteiger charge is 2.09. The number of phenolic OH excluding ortho intramolecular Hbond substituents is 1. The van der Waals surface area contributed by atoms with E-state index >= 15 is 0 Å². The van der Waals surface area contributed by atoms with Gasteiger partial charge in [-0.25, -0.2) is 9.49 Å². The molecular weight excluding hydrogens is 343 g/mol. The molecule has 0 saturated heterocycles. The molecule has 0 fully saturated rings. The Labute approximate surface area is 148 Å². The zero-order valence-corrected chi connectivity index (χ0v) is 14.1. The highest BCUT2D eigenvalue weighted by molar-refractivity contribution is 7.71. The molecule has 3 rings (SSSR count). The summed E-state index contributed by atoms with van der Waals surface area (Å²) in [5, 5.41) is 21.3. The van der Waals surface area contributed by atoms with E-state index in [1.807, 2.05) is 6.92 Å². The summed E-state index contributed by atoms with van der Waals surface area (Å²) < 4.78 is 20.1. The third kappa shape index (κ3) is 3.58. The van der Waals surface area contributed by atoms with Crippen LogP contribution >= 0.6 is 12.2 Å². The van der Waals surface area contributed by atoms with Gasteiger partial charge >= 0.3 is 0 Å². The van der Waals surface area contributed by atoms with Crippen molar-refractivity contribution < 1.29 is 14.2 Å². The number of aromatic amines is 1. The molecule has 6 nitrogen and oxygen atoms in total. The van der Waals surface area contributed by atoms with Crippen LogP contribution in [0.25, 0.3) is 11.4 Å². The zero-order valence-electron chi connectivity index (χ0n) is 13.3. The Bertz CT molecular complexity index is 964. The van der Waals surface area contributed by atoms with Gasteiger partial charge in [-0.15, -0.1) is 0 Å². The van der Waals surface area contributed by atoms with Crippen molar-refractivity contribution >= 4 is 18.4 Å². The van der Waals surface area contributed by atoms with Crippen molar-refractivity contribution in [3.63, 3.8) is 0 Å². The van der Waals surface area contributed by atoms with Gasteiger partial charge in [0.1, 0.15) is 5.82 Å². The Morgan fingerprint density at radius 1 is 1.32 bits per heavy atom. The first kappa shape index (κ1) is 16.8. The number of nitrogens with one attached hydrogen (secondary N) is 1. The fourth-order valence-corrected chi connectivity index (χ4v) is 2.40. The number of para-hydroxylation sites is 1. The third-order valence-electron chi connectivity index (χ3n) is 3.40. The molecule has 0 bridgehead atoms. The lowest BCUT2D eigenvalue weighted by atomic mass is 10.2. The first-order valence-electron chi connectivity index (χ1n) is 7.52. The van der Waals surface area contributed by atoms with E-state index in [1.165, 1.54) is 23.0 Å². The Morgan fingerprint density at radius 2 is 2.08 bits per heavy atom. The van der Waals surface area contributed by atoms with Crippen LogP contribution in [-0.4, -0.2) is 32.8 Å². The number of benzene rings is 2. The molecule has 0 aliphatic rings. The van der Waals surface area contributed by atoms with Crippen molar-refractivity contribution in [2.75, 3.05) is 6.61 Å². The summed E-state index contributed by atoms with van der Waals surface area (Å²) in [5.74, 6) is 0.458. The van der Waals surface area contributed by atoms with Gasteiger partial charge in [-0.05, 0) is 55.5 Å². The van der Waals surface area contributed by atoms with E-state index in [0.717, 1.165) is 0 Å². The largest absolute Gasteiger partial charge is 0.504 e. The highest BCUT2D eigenvalue weighted by atomic mass is 32.1. The topological polar surface area (TPSA) is 75.4 Å². The van der Waals surface area contributed by atoms with Crippen LogP contribution in [-0.2, 0) is 0 Å². The van der Waals surface area contributed by atoms with Crippen LogP contribution in [0.1, 0.15) is 12.5 Å². The van der Waals surface area contributed by atoms with Crippen molar-refractivity contribution in [2.45, 2.75) is 6.92 Å².